The Morgan fingerprint density at radius 3 is 2.32 bits per heavy atom. The Hall–Kier alpha value is -2.93. The quantitative estimate of drug-likeness (QED) is 0.686. The van der Waals surface area contributed by atoms with Crippen molar-refractivity contribution in [1.29, 1.82) is 0 Å². The summed E-state index contributed by atoms with van der Waals surface area (Å²) >= 11 is 0. The topological polar surface area (TPSA) is 84.9 Å². The van der Waals surface area contributed by atoms with Crippen molar-refractivity contribution in [3.05, 3.63) is 59.4 Å². The summed E-state index contributed by atoms with van der Waals surface area (Å²) in [6.07, 6.45) is -0.995. The van der Waals surface area contributed by atoms with Crippen LogP contribution in [-0.2, 0) is 27.2 Å². The number of hydrogen-bond donors (Lipinski definition) is 2. The first-order chi connectivity index (χ1) is 13.3. The molecule has 0 aromatic heterocycles. The second-order valence-corrected chi connectivity index (χ2v) is 6.60. The molecule has 1 amide bonds. The molecule has 0 heterocycles. The molecule has 0 aliphatic heterocycles. The van der Waals surface area contributed by atoms with Crippen LogP contribution in [-0.4, -0.2) is 36.3 Å². The van der Waals surface area contributed by atoms with Crippen molar-refractivity contribution in [1.82, 2.24) is 0 Å². The number of nitrogens with one attached hydrogen (secondary N) is 1. The highest BCUT2D eigenvalue weighted by atomic mass is 19.1. The van der Waals surface area contributed by atoms with E-state index in [-0.39, 0.29) is 30.7 Å². The standard InChI is InChI=1S/C21H24FNO5/c1-13(2)28-19(21(25)26)11-15-6-9-18(27-3)17(10-15)23-20(24)12-14-4-7-16(22)8-5-14/h4-10,13,19H,11-12H2,1-3H3,(H,23,24)(H,25,26). The minimum atomic E-state index is -1.05. The first-order valence-electron chi connectivity index (χ1n) is 8.88. The Morgan fingerprint density at radius 2 is 1.75 bits per heavy atom. The molecule has 7 heteroatoms. The van der Waals surface area contributed by atoms with Gasteiger partial charge in [-0.3, -0.25) is 4.79 Å². The summed E-state index contributed by atoms with van der Waals surface area (Å²) in [5, 5.41) is 12.1. The fourth-order valence-electron chi connectivity index (χ4n) is 2.70. The summed E-state index contributed by atoms with van der Waals surface area (Å²) in [6, 6.07) is 10.7. The molecular weight excluding hydrogens is 365 g/mol. The average molecular weight is 389 g/mol. The molecule has 2 rings (SSSR count). The predicted octanol–water partition coefficient (Wildman–Crippen LogP) is 3.44. The van der Waals surface area contributed by atoms with E-state index in [4.69, 9.17) is 9.47 Å². The Bertz CT molecular complexity index is 820. The highest BCUT2D eigenvalue weighted by Crippen LogP contribution is 2.27. The van der Waals surface area contributed by atoms with Crippen LogP contribution in [0.1, 0.15) is 25.0 Å². The summed E-state index contributed by atoms with van der Waals surface area (Å²) in [5.74, 6) is -1.26. The number of carboxylic acids is 1. The third-order valence-corrected chi connectivity index (χ3v) is 3.95. The van der Waals surface area contributed by atoms with Crippen molar-refractivity contribution in [3.8, 4) is 5.75 Å². The molecule has 0 saturated carbocycles. The van der Waals surface area contributed by atoms with Crippen LogP contribution >= 0.6 is 0 Å². The fourth-order valence-corrected chi connectivity index (χ4v) is 2.70. The van der Waals surface area contributed by atoms with Gasteiger partial charge in [0.25, 0.3) is 0 Å². The maximum absolute atomic E-state index is 13.0. The Labute approximate surface area is 163 Å². The maximum atomic E-state index is 13.0. The fraction of sp³-hybridized carbons (Fsp3) is 0.333. The summed E-state index contributed by atoms with van der Waals surface area (Å²) in [6.45, 7) is 3.54. The number of carbonyl (C=O) groups is 2. The molecule has 0 saturated heterocycles. The van der Waals surface area contributed by atoms with Crippen LogP contribution in [0.15, 0.2) is 42.5 Å². The van der Waals surface area contributed by atoms with E-state index >= 15 is 0 Å². The molecule has 0 aliphatic rings. The van der Waals surface area contributed by atoms with Crippen molar-refractivity contribution < 1.29 is 28.6 Å². The zero-order valence-electron chi connectivity index (χ0n) is 16.1. The lowest BCUT2D eigenvalue weighted by Crippen LogP contribution is -2.29. The highest BCUT2D eigenvalue weighted by Gasteiger charge is 2.21. The van der Waals surface area contributed by atoms with Crippen LogP contribution in [0.3, 0.4) is 0 Å². The normalized spacial score (nSPS) is 11.9. The number of methoxy groups -OCH3 is 1. The number of aliphatic carboxylic acids is 1. The van der Waals surface area contributed by atoms with Crippen molar-refractivity contribution in [3.63, 3.8) is 0 Å². The number of carbonyl (C=O) groups excluding carboxylic acids is 1. The molecule has 2 aromatic carbocycles. The molecule has 2 N–H and O–H groups in total. The van der Waals surface area contributed by atoms with Gasteiger partial charge in [0, 0.05) is 6.42 Å². The van der Waals surface area contributed by atoms with Crippen molar-refractivity contribution in [2.45, 2.75) is 38.9 Å². The number of amides is 1. The number of halogens is 1. The number of benzene rings is 2. The van der Waals surface area contributed by atoms with Crippen LogP contribution in [0, 0.1) is 5.82 Å². The number of rotatable bonds is 9. The van der Waals surface area contributed by atoms with Gasteiger partial charge in [-0.15, -0.1) is 0 Å². The van der Waals surface area contributed by atoms with Crippen molar-refractivity contribution in [2.75, 3.05) is 12.4 Å². The lowest BCUT2D eigenvalue weighted by molar-refractivity contribution is -0.153. The van der Waals surface area contributed by atoms with E-state index in [1.807, 2.05) is 0 Å². The maximum Gasteiger partial charge on any atom is 0.333 e. The van der Waals surface area contributed by atoms with Gasteiger partial charge in [-0.1, -0.05) is 18.2 Å². The summed E-state index contributed by atoms with van der Waals surface area (Å²) in [7, 11) is 1.48. The highest BCUT2D eigenvalue weighted by molar-refractivity contribution is 5.93. The minimum absolute atomic E-state index is 0.0713. The zero-order valence-corrected chi connectivity index (χ0v) is 16.1. The second kappa shape index (κ2) is 9.85. The van der Waals surface area contributed by atoms with Gasteiger partial charge in [0.1, 0.15) is 11.6 Å². The molecule has 2 aromatic rings. The minimum Gasteiger partial charge on any atom is -0.495 e. The first-order valence-corrected chi connectivity index (χ1v) is 8.88. The van der Waals surface area contributed by atoms with Gasteiger partial charge in [0.05, 0.1) is 25.3 Å². The van der Waals surface area contributed by atoms with E-state index in [1.165, 1.54) is 19.2 Å². The number of ether oxygens (including phenoxy) is 2. The SMILES string of the molecule is COc1ccc(CC(OC(C)C)C(=O)O)cc1NC(=O)Cc1ccc(F)cc1. The summed E-state index contributed by atoms with van der Waals surface area (Å²) in [5.41, 5.74) is 1.79. The Balaban J connectivity index is 2.13. The van der Waals surface area contributed by atoms with E-state index in [0.29, 0.717) is 22.6 Å². The monoisotopic (exact) mass is 389 g/mol. The van der Waals surface area contributed by atoms with Crippen LogP contribution in [0.4, 0.5) is 10.1 Å². The lowest BCUT2D eigenvalue weighted by Gasteiger charge is -2.18. The van der Waals surface area contributed by atoms with Gasteiger partial charge in [0.2, 0.25) is 5.91 Å². The van der Waals surface area contributed by atoms with E-state index in [0.717, 1.165) is 0 Å². The lowest BCUT2D eigenvalue weighted by atomic mass is 10.1. The van der Waals surface area contributed by atoms with Crippen molar-refractivity contribution in [2.24, 2.45) is 0 Å². The summed E-state index contributed by atoms with van der Waals surface area (Å²) < 4.78 is 23.7. The Kier molecular flexibility index (Phi) is 7.52. The van der Waals surface area contributed by atoms with E-state index < -0.39 is 12.1 Å². The van der Waals surface area contributed by atoms with Gasteiger partial charge in [-0.25, -0.2) is 9.18 Å². The second-order valence-electron chi connectivity index (χ2n) is 6.60. The van der Waals surface area contributed by atoms with Gasteiger partial charge in [-0.2, -0.15) is 0 Å². The molecule has 0 fully saturated rings. The van der Waals surface area contributed by atoms with Gasteiger partial charge >= 0.3 is 5.97 Å². The molecule has 1 unspecified atom stereocenters. The number of anilines is 1. The van der Waals surface area contributed by atoms with Crippen LogP contribution in [0.5, 0.6) is 5.75 Å². The van der Waals surface area contributed by atoms with Crippen LogP contribution in [0.25, 0.3) is 0 Å². The molecule has 0 spiro atoms. The largest absolute Gasteiger partial charge is 0.495 e. The number of carboxylic acid groups (broad SMARTS) is 1. The van der Waals surface area contributed by atoms with E-state index in [9.17, 15) is 19.1 Å². The van der Waals surface area contributed by atoms with E-state index in [2.05, 4.69) is 5.32 Å². The Morgan fingerprint density at radius 1 is 1.11 bits per heavy atom. The van der Waals surface area contributed by atoms with Gasteiger partial charge in [0.15, 0.2) is 6.10 Å². The molecule has 28 heavy (non-hydrogen) atoms. The molecule has 150 valence electrons. The van der Waals surface area contributed by atoms with Crippen molar-refractivity contribution >= 4 is 17.6 Å². The third kappa shape index (κ3) is 6.35. The molecule has 6 nitrogen and oxygen atoms in total. The third-order valence-electron chi connectivity index (χ3n) is 3.95. The zero-order chi connectivity index (χ0) is 20.7. The first kappa shape index (κ1) is 21.4. The molecule has 0 radical (unpaired) electrons. The summed E-state index contributed by atoms with van der Waals surface area (Å²) in [4.78, 5) is 23.7. The molecular formula is C21H24FNO5. The molecule has 0 aliphatic carbocycles. The predicted molar refractivity (Wildman–Crippen MR) is 103 cm³/mol. The smallest absolute Gasteiger partial charge is 0.333 e. The van der Waals surface area contributed by atoms with Crippen LogP contribution < -0.4 is 10.1 Å². The van der Waals surface area contributed by atoms with Crippen LogP contribution in [0.2, 0.25) is 0 Å². The van der Waals surface area contributed by atoms with E-state index in [1.54, 1.807) is 44.2 Å². The van der Waals surface area contributed by atoms with Gasteiger partial charge < -0.3 is 19.9 Å². The average Bonchev–Trinajstić information content (AvgIpc) is 2.63. The molecule has 1 atom stereocenters. The van der Waals surface area contributed by atoms with Gasteiger partial charge in [-0.05, 0) is 49.2 Å². The number of hydrogen-bond acceptors (Lipinski definition) is 4. The molecule has 0 bridgehead atoms.